The van der Waals surface area contributed by atoms with Gasteiger partial charge < -0.3 is 5.73 Å². The van der Waals surface area contributed by atoms with Crippen LogP contribution in [0.5, 0.6) is 0 Å². The standard InChI is InChI=1S/C10H6FNO2/c11-6-4-2-1-3-5(6)7-8(12)10(14)9(7)13/h1-4H,12H2. The minimum absolute atomic E-state index is 0.00639. The van der Waals surface area contributed by atoms with Crippen molar-refractivity contribution in [2.45, 2.75) is 0 Å². The van der Waals surface area contributed by atoms with Gasteiger partial charge >= 0.3 is 0 Å². The zero-order valence-corrected chi connectivity index (χ0v) is 7.08. The molecule has 0 unspecified atom stereocenters. The molecule has 0 amide bonds. The molecule has 0 aliphatic carbocycles. The Morgan fingerprint density at radius 3 is 2.29 bits per heavy atom. The zero-order valence-electron chi connectivity index (χ0n) is 7.08. The van der Waals surface area contributed by atoms with Crippen LogP contribution in [-0.2, 0) is 0 Å². The highest BCUT2D eigenvalue weighted by Gasteiger charge is 2.21. The molecule has 0 bridgehead atoms. The number of nitrogen functional groups attached to an aromatic ring is 1. The third kappa shape index (κ3) is 0.970. The van der Waals surface area contributed by atoms with Gasteiger partial charge in [0.05, 0.1) is 11.3 Å². The lowest BCUT2D eigenvalue weighted by Crippen LogP contribution is -2.36. The second-order valence-corrected chi connectivity index (χ2v) is 2.93. The van der Waals surface area contributed by atoms with Crippen molar-refractivity contribution in [2.24, 2.45) is 0 Å². The Bertz CT molecular complexity index is 567. The maximum absolute atomic E-state index is 13.2. The first-order valence-corrected chi connectivity index (χ1v) is 3.96. The number of halogens is 1. The van der Waals surface area contributed by atoms with Crippen LogP contribution >= 0.6 is 0 Å². The fourth-order valence-electron chi connectivity index (χ4n) is 1.34. The van der Waals surface area contributed by atoms with Gasteiger partial charge in [-0.3, -0.25) is 9.59 Å². The van der Waals surface area contributed by atoms with Crippen molar-refractivity contribution in [1.29, 1.82) is 0 Å². The van der Waals surface area contributed by atoms with E-state index in [1.54, 1.807) is 6.07 Å². The molecule has 70 valence electrons. The predicted octanol–water partition coefficient (Wildman–Crippen LogP) is 0.671. The molecule has 2 aromatic carbocycles. The molecule has 0 saturated heterocycles. The van der Waals surface area contributed by atoms with Crippen LogP contribution < -0.4 is 16.6 Å². The van der Waals surface area contributed by atoms with Crippen LogP contribution in [0.2, 0.25) is 0 Å². The van der Waals surface area contributed by atoms with Crippen molar-refractivity contribution in [3.05, 3.63) is 50.5 Å². The molecule has 0 atom stereocenters. The molecule has 0 aromatic heterocycles. The van der Waals surface area contributed by atoms with E-state index in [2.05, 4.69) is 0 Å². The minimum atomic E-state index is -0.733. The van der Waals surface area contributed by atoms with Gasteiger partial charge in [0.1, 0.15) is 5.82 Å². The van der Waals surface area contributed by atoms with Gasteiger partial charge in [0.15, 0.2) is 0 Å². The number of benzene rings is 1. The molecule has 2 aromatic rings. The molecule has 3 nitrogen and oxygen atoms in total. The van der Waals surface area contributed by atoms with Gasteiger partial charge in [-0.15, -0.1) is 0 Å². The third-order valence-corrected chi connectivity index (χ3v) is 2.09. The van der Waals surface area contributed by atoms with Crippen molar-refractivity contribution >= 4 is 5.69 Å². The van der Waals surface area contributed by atoms with Gasteiger partial charge in [0.25, 0.3) is 0 Å². The van der Waals surface area contributed by atoms with E-state index in [-0.39, 0.29) is 16.8 Å². The van der Waals surface area contributed by atoms with Crippen molar-refractivity contribution in [3.63, 3.8) is 0 Å². The molecule has 14 heavy (non-hydrogen) atoms. The summed E-state index contributed by atoms with van der Waals surface area (Å²) in [6.07, 6.45) is 0. The fraction of sp³-hybridized carbons (Fsp3) is 0. The molecule has 0 heterocycles. The van der Waals surface area contributed by atoms with E-state index in [4.69, 9.17) is 5.73 Å². The number of nitrogens with two attached hydrogens (primary N) is 1. The van der Waals surface area contributed by atoms with Crippen molar-refractivity contribution in [3.8, 4) is 11.1 Å². The molecule has 0 saturated carbocycles. The van der Waals surface area contributed by atoms with E-state index < -0.39 is 16.7 Å². The largest absolute Gasteiger partial charge is 0.395 e. The predicted molar refractivity (Wildman–Crippen MR) is 51.2 cm³/mol. The highest BCUT2D eigenvalue weighted by molar-refractivity contribution is 5.80. The van der Waals surface area contributed by atoms with Crippen LogP contribution in [0.25, 0.3) is 11.1 Å². The molecule has 0 aliphatic heterocycles. The number of rotatable bonds is 1. The zero-order chi connectivity index (χ0) is 10.3. The second kappa shape index (κ2) is 2.77. The van der Waals surface area contributed by atoms with Gasteiger partial charge in [0, 0.05) is 5.56 Å². The molecular weight excluding hydrogens is 185 g/mol. The monoisotopic (exact) mass is 191 g/mol. The lowest BCUT2D eigenvalue weighted by atomic mass is 9.99. The van der Waals surface area contributed by atoms with E-state index in [0.717, 1.165) is 0 Å². The Morgan fingerprint density at radius 1 is 1.07 bits per heavy atom. The first-order chi connectivity index (χ1) is 6.63. The smallest absolute Gasteiger partial charge is 0.249 e. The summed E-state index contributed by atoms with van der Waals surface area (Å²) in [7, 11) is 0. The topological polar surface area (TPSA) is 60.2 Å². The van der Waals surface area contributed by atoms with Crippen LogP contribution in [0.15, 0.2) is 33.9 Å². The lowest BCUT2D eigenvalue weighted by Gasteiger charge is -2.06. The highest BCUT2D eigenvalue weighted by Crippen LogP contribution is 2.23. The van der Waals surface area contributed by atoms with Gasteiger partial charge in [-0.25, -0.2) is 4.39 Å². The molecule has 0 aliphatic rings. The molecular formula is C10H6FNO2. The SMILES string of the molecule is Nc1c(-c2ccccc2F)c(=O)c1=O. The maximum Gasteiger partial charge on any atom is 0.249 e. The summed E-state index contributed by atoms with van der Waals surface area (Å²) in [5.74, 6) is -0.550. The summed E-state index contributed by atoms with van der Waals surface area (Å²) in [4.78, 5) is 21.9. The molecule has 2 rings (SSSR count). The summed E-state index contributed by atoms with van der Waals surface area (Å²) >= 11 is 0. The first-order valence-electron chi connectivity index (χ1n) is 3.96. The molecule has 0 radical (unpaired) electrons. The van der Waals surface area contributed by atoms with Crippen molar-refractivity contribution < 1.29 is 4.39 Å². The van der Waals surface area contributed by atoms with Crippen molar-refractivity contribution in [2.75, 3.05) is 5.73 Å². The fourth-order valence-corrected chi connectivity index (χ4v) is 1.34. The summed E-state index contributed by atoms with van der Waals surface area (Å²) in [6, 6.07) is 5.71. The Labute approximate surface area is 78.3 Å². The van der Waals surface area contributed by atoms with Gasteiger partial charge in [-0.1, -0.05) is 18.2 Å². The number of hydrogen-bond acceptors (Lipinski definition) is 3. The highest BCUT2D eigenvalue weighted by atomic mass is 19.1. The van der Waals surface area contributed by atoms with Crippen LogP contribution in [0.1, 0.15) is 0 Å². The van der Waals surface area contributed by atoms with Crippen LogP contribution in [0, 0.1) is 5.82 Å². The number of anilines is 1. The summed E-state index contributed by atoms with van der Waals surface area (Å²) < 4.78 is 13.2. The van der Waals surface area contributed by atoms with E-state index in [9.17, 15) is 14.0 Å². The van der Waals surface area contributed by atoms with Gasteiger partial charge in [0.2, 0.25) is 10.9 Å². The average Bonchev–Trinajstić information content (AvgIpc) is 2.21. The summed E-state index contributed by atoms with van der Waals surface area (Å²) in [5, 5.41) is 0. The van der Waals surface area contributed by atoms with Crippen LogP contribution in [0.4, 0.5) is 10.1 Å². The van der Waals surface area contributed by atoms with Crippen LogP contribution in [0.3, 0.4) is 0 Å². The van der Waals surface area contributed by atoms with Crippen LogP contribution in [-0.4, -0.2) is 0 Å². The van der Waals surface area contributed by atoms with E-state index >= 15 is 0 Å². The van der Waals surface area contributed by atoms with Gasteiger partial charge in [-0.05, 0) is 6.07 Å². The minimum Gasteiger partial charge on any atom is -0.395 e. The molecule has 2 N–H and O–H groups in total. The van der Waals surface area contributed by atoms with E-state index in [1.807, 2.05) is 0 Å². The molecule has 0 spiro atoms. The number of hydrogen-bond donors (Lipinski definition) is 1. The Balaban J connectivity index is 2.69. The van der Waals surface area contributed by atoms with Crippen molar-refractivity contribution in [1.82, 2.24) is 0 Å². The Hall–Kier alpha value is -1.97. The second-order valence-electron chi connectivity index (χ2n) is 2.93. The summed E-state index contributed by atoms with van der Waals surface area (Å²) in [6.45, 7) is 0. The maximum atomic E-state index is 13.2. The van der Waals surface area contributed by atoms with Gasteiger partial charge in [-0.2, -0.15) is 0 Å². The Kier molecular flexibility index (Phi) is 1.70. The normalized spacial score (nSPS) is 10.6. The average molecular weight is 191 g/mol. The Morgan fingerprint density at radius 2 is 1.71 bits per heavy atom. The quantitative estimate of drug-likeness (QED) is 0.674. The van der Waals surface area contributed by atoms with E-state index in [0.29, 0.717) is 0 Å². The first kappa shape index (κ1) is 8.62. The van der Waals surface area contributed by atoms with E-state index in [1.165, 1.54) is 18.2 Å². The summed E-state index contributed by atoms with van der Waals surface area (Å²) in [5.41, 5.74) is 3.79. The molecule has 4 heteroatoms. The lowest BCUT2D eigenvalue weighted by molar-refractivity contribution is 0.631. The third-order valence-electron chi connectivity index (χ3n) is 2.09. The molecule has 0 fully saturated rings.